The first kappa shape index (κ1) is 23.6. The summed E-state index contributed by atoms with van der Waals surface area (Å²) in [4.78, 5) is 25.5. The predicted molar refractivity (Wildman–Crippen MR) is 113 cm³/mol. The van der Waals surface area contributed by atoms with Crippen molar-refractivity contribution in [2.75, 3.05) is 49.1 Å². The average Bonchev–Trinajstić information content (AvgIpc) is 2.79. The van der Waals surface area contributed by atoms with Gasteiger partial charge >= 0.3 is 5.69 Å². The van der Waals surface area contributed by atoms with Gasteiger partial charge in [0.1, 0.15) is 5.56 Å². The maximum absolute atomic E-state index is 13.1. The van der Waals surface area contributed by atoms with Crippen LogP contribution < -0.4 is 23.7 Å². The number of carbonyl (C=O) groups excluding carboxylic acids is 1. The van der Waals surface area contributed by atoms with E-state index >= 15 is 0 Å². The number of hydrogen-bond acceptors (Lipinski definition) is 8. The second kappa shape index (κ2) is 10.4. The second-order valence-corrected chi connectivity index (χ2v) is 6.46. The monoisotopic (exact) mass is 434 g/mol. The van der Waals surface area contributed by atoms with E-state index in [4.69, 9.17) is 23.7 Å². The van der Waals surface area contributed by atoms with Gasteiger partial charge in [-0.05, 0) is 24.1 Å². The lowest BCUT2D eigenvalue weighted by atomic mass is 10.1. The molecule has 2 aromatic carbocycles. The molecular weight excluding hydrogens is 408 g/mol. The van der Waals surface area contributed by atoms with E-state index in [1.807, 2.05) is 12.1 Å². The Morgan fingerprint density at radius 3 is 2.03 bits per heavy atom. The number of benzene rings is 2. The number of ether oxygens (including phenoxy) is 5. The standard InChI is InChI=1S/C21H26N2O8/c1-22(10-9-13-7-8-15(27-2)16(11-13)28-3)21(24)14-12-17(29-4)19(30-5)20(31-6)18(14)23(25)26/h7-8,11-12H,9-10H2,1-6H3. The quantitative estimate of drug-likeness (QED) is 0.415. The molecule has 2 aromatic rings. The highest BCUT2D eigenvalue weighted by atomic mass is 16.6. The SMILES string of the molecule is COc1ccc(CCN(C)C(=O)c2cc(OC)c(OC)c(OC)c2[N+](=O)[O-])cc1OC. The van der Waals surface area contributed by atoms with Gasteiger partial charge in [-0.15, -0.1) is 0 Å². The van der Waals surface area contributed by atoms with Gasteiger partial charge < -0.3 is 28.6 Å². The lowest BCUT2D eigenvalue weighted by Crippen LogP contribution is -2.29. The molecule has 31 heavy (non-hydrogen) atoms. The van der Waals surface area contributed by atoms with Crippen LogP contribution in [0.15, 0.2) is 24.3 Å². The van der Waals surface area contributed by atoms with Gasteiger partial charge in [-0.1, -0.05) is 6.07 Å². The minimum absolute atomic E-state index is 0.0428. The molecule has 0 aliphatic heterocycles. The van der Waals surface area contributed by atoms with Gasteiger partial charge in [-0.25, -0.2) is 0 Å². The molecule has 0 N–H and O–H groups in total. The van der Waals surface area contributed by atoms with Crippen LogP contribution in [0, 0.1) is 10.1 Å². The van der Waals surface area contributed by atoms with E-state index in [1.54, 1.807) is 27.3 Å². The third kappa shape index (κ3) is 4.90. The molecule has 0 aliphatic rings. The molecular formula is C21H26N2O8. The first-order valence-corrected chi connectivity index (χ1v) is 9.26. The fourth-order valence-electron chi connectivity index (χ4n) is 3.13. The van der Waals surface area contributed by atoms with E-state index in [0.29, 0.717) is 24.5 Å². The number of carbonyl (C=O) groups is 1. The molecule has 1 amide bonds. The smallest absolute Gasteiger partial charge is 0.327 e. The van der Waals surface area contributed by atoms with Gasteiger partial charge in [0.25, 0.3) is 5.91 Å². The number of likely N-dealkylation sites (N-methyl/N-ethyl adjacent to an activating group) is 1. The summed E-state index contributed by atoms with van der Waals surface area (Å²) in [6.45, 7) is 0.308. The van der Waals surface area contributed by atoms with Crippen molar-refractivity contribution < 1.29 is 33.4 Å². The van der Waals surface area contributed by atoms with E-state index in [0.717, 1.165) is 5.56 Å². The van der Waals surface area contributed by atoms with E-state index in [1.165, 1.54) is 32.3 Å². The predicted octanol–water partition coefficient (Wildman–Crippen LogP) is 2.95. The molecule has 0 radical (unpaired) electrons. The molecule has 0 atom stereocenters. The molecule has 0 aliphatic carbocycles. The normalized spacial score (nSPS) is 10.3. The highest BCUT2D eigenvalue weighted by Crippen LogP contribution is 2.46. The molecule has 0 saturated carbocycles. The van der Waals surface area contributed by atoms with Gasteiger partial charge in [0.2, 0.25) is 11.5 Å². The Balaban J connectivity index is 2.34. The van der Waals surface area contributed by atoms with Crippen molar-refractivity contribution >= 4 is 11.6 Å². The summed E-state index contributed by atoms with van der Waals surface area (Å²) in [6, 6.07) is 6.75. The maximum atomic E-state index is 13.1. The van der Waals surface area contributed by atoms with Crippen molar-refractivity contribution in [3.8, 4) is 28.7 Å². The van der Waals surface area contributed by atoms with E-state index in [-0.39, 0.29) is 22.8 Å². The first-order valence-electron chi connectivity index (χ1n) is 9.26. The zero-order valence-electron chi connectivity index (χ0n) is 18.4. The van der Waals surface area contributed by atoms with Gasteiger partial charge in [0.05, 0.1) is 40.5 Å². The van der Waals surface area contributed by atoms with Crippen molar-refractivity contribution in [3.05, 3.63) is 45.5 Å². The average molecular weight is 434 g/mol. The van der Waals surface area contributed by atoms with Crippen LogP contribution in [0.5, 0.6) is 28.7 Å². The number of rotatable bonds is 10. The summed E-state index contributed by atoms with van der Waals surface area (Å²) in [5.74, 6) is 0.649. The van der Waals surface area contributed by atoms with Crippen LogP contribution in [0.1, 0.15) is 15.9 Å². The molecule has 0 heterocycles. The topological polar surface area (TPSA) is 110 Å². The second-order valence-electron chi connectivity index (χ2n) is 6.46. The summed E-state index contributed by atoms with van der Waals surface area (Å²) in [7, 11) is 8.63. The molecule has 0 fully saturated rings. The number of methoxy groups -OCH3 is 5. The molecule has 0 spiro atoms. The molecule has 0 unspecified atom stereocenters. The summed E-state index contributed by atoms with van der Waals surface area (Å²) >= 11 is 0. The van der Waals surface area contributed by atoms with Crippen molar-refractivity contribution in [1.82, 2.24) is 4.90 Å². The summed E-state index contributed by atoms with van der Waals surface area (Å²) in [6.07, 6.45) is 0.501. The number of nitro benzene ring substituents is 1. The Hall–Kier alpha value is -3.69. The van der Waals surface area contributed by atoms with E-state index < -0.39 is 16.5 Å². The van der Waals surface area contributed by atoms with Crippen molar-refractivity contribution in [2.24, 2.45) is 0 Å². The summed E-state index contributed by atoms with van der Waals surface area (Å²) in [5.41, 5.74) is 0.272. The first-order chi connectivity index (χ1) is 14.8. The maximum Gasteiger partial charge on any atom is 0.327 e. The molecule has 0 aromatic heterocycles. The largest absolute Gasteiger partial charge is 0.493 e. The Labute approximate surface area is 180 Å². The Morgan fingerprint density at radius 1 is 0.903 bits per heavy atom. The van der Waals surface area contributed by atoms with Crippen LogP contribution >= 0.6 is 0 Å². The molecule has 10 heteroatoms. The minimum Gasteiger partial charge on any atom is -0.493 e. The third-order valence-electron chi connectivity index (χ3n) is 4.75. The number of amides is 1. The van der Waals surface area contributed by atoms with Crippen LogP contribution in [-0.4, -0.2) is 64.9 Å². The number of nitrogens with zero attached hydrogens (tertiary/aromatic N) is 2. The highest BCUT2D eigenvalue weighted by Gasteiger charge is 2.33. The molecule has 0 bridgehead atoms. The van der Waals surface area contributed by atoms with Gasteiger partial charge in [0, 0.05) is 19.7 Å². The van der Waals surface area contributed by atoms with Gasteiger partial charge in [-0.2, -0.15) is 0 Å². The Morgan fingerprint density at radius 2 is 1.52 bits per heavy atom. The molecule has 2 rings (SSSR count). The lowest BCUT2D eigenvalue weighted by Gasteiger charge is -2.20. The molecule has 0 saturated heterocycles. The number of nitro groups is 1. The van der Waals surface area contributed by atoms with Crippen LogP contribution in [0.2, 0.25) is 0 Å². The van der Waals surface area contributed by atoms with Crippen LogP contribution in [0.25, 0.3) is 0 Å². The van der Waals surface area contributed by atoms with E-state index in [2.05, 4.69) is 0 Å². The zero-order valence-corrected chi connectivity index (χ0v) is 18.4. The third-order valence-corrected chi connectivity index (χ3v) is 4.75. The lowest BCUT2D eigenvalue weighted by molar-refractivity contribution is -0.386. The fraction of sp³-hybridized carbons (Fsp3) is 0.381. The zero-order chi connectivity index (χ0) is 23.1. The van der Waals surface area contributed by atoms with Crippen molar-refractivity contribution in [2.45, 2.75) is 6.42 Å². The minimum atomic E-state index is -0.670. The van der Waals surface area contributed by atoms with Crippen molar-refractivity contribution in [1.29, 1.82) is 0 Å². The van der Waals surface area contributed by atoms with Gasteiger partial charge in [-0.3, -0.25) is 14.9 Å². The molecule has 168 valence electrons. The van der Waals surface area contributed by atoms with Crippen LogP contribution in [-0.2, 0) is 6.42 Å². The van der Waals surface area contributed by atoms with Crippen LogP contribution in [0.3, 0.4) is 0 Å². The summed E-state index contributed by atoms with van der Waals surface area (Å²) in [5, 5.41) is 11.7. The molecule has 10 nitrogen and oxygen atoms in total. The fourth-order valence-corrected chi connectivity index (χ4v) is 3.13. The number of hydrogen-bond donors (Lipinski definition) is 0. The summed E-state index contributed by atoms with van der Waals surface area (Å²) < 4.78 is 26.1. The van der Waals surface area contributed by atoms with Gasteiger partial charge in [0.15, 0.2) is 17.2 Å². The van der Waals surface area contributed by atoms with Crippen LogP contribution in [0.4, 0.5) is 5.69 Å². The Bertz CT molecular complexity index is 961. The Kier molecular flexibility index (Phi) is 7.89. The highest BCUT2D eigenvalue weighted by molar-refractivity contribution is 6.00. The van der Waals surface area contributed by atoms with E-state index in [9.17, 15) is 14.9 Å². The van der Waals surface area contributed by atoms with Crippen molar-refractivity contribution in [3.63, 3.8) is 0 Å².